The Bertz CT molecular complexity index is 1330. The van der Waals surface area contributed by atoms with E-state index in [9.17, 15) is 19.7 Å². The first-order valence-corrected chi connectivity index (χ1v) is 12.3. The lowest BCUT2D eigenvalue weighted by atomic mass is 10.1. The van der Waals surface area contributed by atoms with Crippen LogP contribution in [-0.4, -0.2) is 28.1 Å². The van der Waals surface area contributed by atoms with E-state index in [1.54, 1.807) is 30.3 Å². The average molecular weight is 602 g/mol. The van der Waals surface area contributed by atoms with Crippen molar-refractivity contribution in [2.24, 2.45) is 0 Å². The molecule has 0 saturated carbocycles. The molecule has 178 valence electrons. The first-order valence-electron chi connectivity index (χ1n) is 10.4. The highest BCUT2D eigenvalue weighted by molar-refractivity contribution is 14.1. The zero-order valence-electron chi connectivity index (χ0n) is 18.5. The molecule has 0 bridgehead atoms. The molecule has 35 heavy (non-hydrogen) atoms. The number of imide groups is 1. The molecule has 0 aromatic heterocycles. The van der Waals surface area contributed by atoms with Crippen molar-refractivity contribution in [3.05, 3.63) is 102 Å². The molecule has 1 heterocycles. The van der Waals surface area contributed by atoms with Crippen molar-refractivity contribution in [2.45, 2.75) is 13.2 Å². The second-order valence-corrected chi connectivity index (χ2v) is 9.76. The third kappa shape index (κ3) is 6.01. The van der Waals surface area contributed by atoms with Gasteiger partial charge in [0.25, 0.3) is 16.8 Å². The number of amides is 2. The lowest BCUT2D eigenvalue weighted by Gasteiger charge is -2.12. The number of halogens is 1. The first kappa shape index (κ1) is 24.7. The second kappa shape index (κ2) is 10.9. The maximum Gasteiger partial charge on any atom is 0.293 e. The normalized spacial score (nSPS) is 14.5. The predicted octanol–water partition coefficient (Wildman–Crippen LogP) is 6.02. The molecule has 1 fully saturated rings. The third-order valence-electron chi connectivity index (χ3n) is 5.13. The zero-order chi connectivity index (χ0) is 24.9. The van der Waals surface area contributed by atoms with Crippen LogP contribution < -0.4 is 9.47 Å². The van der Waals surface area contributed by atoms with Gasteiger partial charge < -0.3 is 9.47 Å². The Kier molecular flexibility index (Phi) is 7.71. The van der Waals surface area contributed by atoms with Crippen molar-refractivity contribution in [3.63, 3.8) is 0 Å². The Morgan fingerprint density at radius 3 is 2.51 bits per heavy atom. The summed E-state index contributed by atoms with van der Waals surface area (Å²) in [6.45, 7) is 0.335. The van der Waals surface area contributed by atoms with E-state index in [1.165, 1.54) is 25.3 Å². The Morgan fingerprint density at radius 1 is 1.03 bits per heavy atom. The van der Waals surface area contributed by atoms with Gasteiger partial charge in [-0.05, 0) is 81.4 Å². The SMILES string of the molecule is COc1cc(/C=C2/SC(=O)N(Cc3cccc([N+](=O)[O-])c3)C2=O)ccc1OCc1ccc(I)cc1. The van der Waals surface area contributed by atoms with Crippen molar-refractivity contribution < 1.29 is 24.0 Å². The summed E-state index contributed by atoms with van der Waals surface area (Å²) < 4.78 is 12.5. The van der Waals surface area contributed by atoms with Crippen LogP contribution in [0.1, 0.15) is 16.7 Å². The molecule has 3 aromatic carbocycles. The van der Waals surface area contributed by atoms with Crippen LogP contribution in [0.25, 0.3) is 6.08 Å². The van der Waals surface area contributed by atoms with Crippen LogP contribution in [0.5, 0.6) is 11.5 Å². The minimum absolute atomic E-state index is 0.0433. The maximum absolute atomic E-state index is 12.9. The van der Waals surface area contributed by atoms with Crippen LogP contribution in [0.15, 0.2) is 71.6 Å². The first-order chi connectivity index (χ1) is 16.8. The zero-order valence-corrected chi connectivity index (χ0v) is 21.4. The predicted molar refractivity (Wildman–Crippen MR) is 141 cm³/mol. The van der Waals surface area contributed by atoms with Gasteiger partial charge in [-0.3, -0.25) is 24.6 Å². The van der Waals surface area contributed by atoms with Crippen LogP contribution >= 0.6 is 34.4 Å². The highest BCUT2D eigenvalue weighted by Gasteiger charge is 2.35. The Hall–Kier alpha value is -3.38. The van der Waals surface area contributed by atoms with Gasteiger partial charge in [-0.2, -0.15) is 0 Å². The van der Waals surface area contributed by atoms with Crippen molar-refractivity contribution in [1.82, 2.24) is 4.90 Å². The molecular weight excluding hydrogens is 583 g/mol. The fraction of sp³-hybridized carbons (Fsp3) is 0.120. The number of thioether (sulfide) groups is 1. The molecule has 1 saturated heterocycles. The summed E-state index contributed by atoms with van der Waals surface area (Å²) in [7, 11) is 1.53. The summed E-state index contributed by atoms with van der Waals surface area (Å²) in [5, 5.41) is 10.6. The van der Waals surface area contributed by atoms with Crippen LogP contribution in [0.4, 0.5) is 10.5 Å². The Morgan fingerprint density at radius 2 is 1.80 bits per heavy atom. The number of benzene rings is 3. The number of hydrogen-bond acceptors (Lipinski definition) is 7. The van der Waals surface area contributed by atoms with Gasteiger partial charge in [0.05, 0.1) is 23.5 Å². The van der Waals surface area contributed by atoms with E-state index in [1.807, 2.05) is 24.3 Å². The highest BCUT2D eigenvalue weighted by Crippen LogP contribution is 2.35. The van der Waals surface area contributed by atoms with Crippen LogP contribution in [0.3, 0.4) is 0 Å². The largest absolute Gasteiger partial charge is 0.493 e. The van der Waals surface area contributed by atoms with Gasteiger partial charge in [-0.15, -0.1) is 0 Å². The number of ether oxygens (including phenoxy) is 2. The molecule has 0 aliphatic carbocycles. The number of nitro groups is 1. The molecule has 1 aliphatic rings. The van der Waals surface area contributed by atoms with Gasteiger partial charge in [-0.1, -0.05) is 30.3 Å². The maximum atomic E-state index is 12.9. The Balaban J connectivity index is 1.48. The summed E-state index contributed by atoms with van der Waals surface area (Å²) in [5.41, 5.74) is 2.10. The number of carbonyl (C=O) groups excluding carboxylic acids is 2. The number of non-ortho nitro benzene ring substituents is 1. The van der Waals surface area contributed by atoms with Gasteiger partial charge >= 0.3 is 0 Å². The van der Waals surface area contributed by atoms with Gasteiger partial charge in [-0.25, -0.2) is 0 Å². The highest BCUT2D eigenvalue weighted by atomic mass is 127. The number of hydrogen-bond donors (Lipinski definition) is 0. The third-order valence-corrected chi connectivity index (χ3v) is 6.76. The molecular formula is C25H19IN2O6S. The summed E-state index contributed by atoms with van der Waals surface area (Å²) in [5.74, 6) is 0.603. The summed E-state index contributed by atoms with van der Waals surface area (Å²) in [4.78, 5) is 37.2. The van der Waals surface area contributed by atoms with E-state index in [4.69, 9.17) is 9.47 Å². The summed E-state index contributed by atoms with van der Waals surface area (Å²) in [6.07, 6.45) is 1.61. The molecule has 0 spiro atoms. The van der Waals surface area contributed by atoms with Gasteiger partial charge in [0.2, 0.25) is 0 Å². The summed E-state index contributed by atoms with van der Waals surface area (Å²) >= 11 is 3.07. The topological polar surface area (TPSA) is 99.0 Å². The van der Waals surface area contributed by atoms with E-state index in [-0.39, 0.29) is 17.1 Å². The standard InChI is InChI=1S/C25H19IN2O6S/c1-33-22-12-17(7-10-21(22)34-15-16-5-8-19(26)9-6-16)13-23-24(29)27(25(30)35-23)14-18-3-2-4-20(11-18)28(31)32/h2-13H,14-15H2,1H3/b23-13+. The number of carbonyl (C=O) groups is 2. The van der Waals surface area contributed by atoms with E-state index >= 15 is 0 Å². The van der Waals surface area contributed by atoms with Crippen LogP contribution in [0.2, 0.25) is 0 Å². The number of methoxy groups -OCH3 is 1. The quantitative estimate of drug-likeness (QED) is 0.135. The minimum Gasteiger partial charge on any atom is -0.493 e. The smallest absolute Gasteiger partial charge is 0.293 e. The minimum atomic E-state index is -0.515. The average Bonchev–Trinajstić information content (AvgIpc) is 3.11. The van der Waals surface area contributed by atoms with Crippen LogP contribution in [-0.2, 0) is 17.9 Å². The van der Waals surface area contributed by atoms with E-state index in [0.29, 0.717) is 29.2 Å². The van der Waals surface area contributed by atoms with Gasteiger partial charge in [0.1, 0.15) is 6.61 Å². The van der Waals surface area contributed by atoms with Crippen molar-refractivity contribution in [3.8, 4) is 11.5 Å². The molecule has 0 N–H and O–H groups in total. The molecule has 2 amide bonds. The lowest BCUT2D eigenvalue weighted by Crippen LogP contribution is -2.27. The van der Waals surface area contributed by atoms with Crippen molar-refractivity contribution >= 4 is 57.3 Å². The van der Waals surface area contributed by atoms with Gasteiger partial charge in [0.15, 0.2) is 11.5 Å². The van der Waals surface area contributed by atoms with E-state index < -0.39 is 16.1 Å². The monoisotopic (exact) mass is 602 g/mol. The number of nitrogens with zero attached hydrogens (tertiary/aromatic N) is 2. The molecule has 3 aromatic rings. The molecule has 0 radical (unpaired) electrons. The fourth-order valence-electron chi connectivity index (χ4n) is 3.37. The molecule has 0 unspecified atom stereocenters. The molecule has 4 rings (SSSR count). The Labute approximate surface area is 219 Å². The van der Waals surface area contributed by atoms with Crippen molar-refractivity contribution in [2.75, 3.05) is 7.11 Å². The number of nitro benzene ring substituents is 1. The lowest BCUT2D eigenvalue weighted by molar-refractivity contribution is -0.384. The summed E-state index contributed by atoms with van der Waals surface area (Å²) in [6, 6.07) is 19.1. The molecule has 10 heteroatoms. The van der Waals surface area contributed by atoms with Crippen LogP contribution in [0, 0.1) is 13.7 Å². The van der Waals surface area contributed by atoms with Gasteiger partial charge in [0, 0.05) is 15.7 Å². The van der Waals surface area contributed by atoms with E-state index in [2.05, 4.69) is 22.6 Å². The molecule has 0 atom stereocenters. The second-order valence-electron chi connectivity index (χ2n) is 7.52. The molecule has 1 aliphatic heterocycles. The van der Waals surface area contributed by atoms with E-state index in [0.717, 1.165) is 25.8 Å². The fourth-order valence-corrected chi connectivity index (χ4v) is 4.57. The molecule has 8 nitrogen and oxygen atoms in total. The number of rotatable bonds is 8. The van der Waals surface area contributed by atoms with Crippen molar-refractivity contribution in [1.29, 1.82) is 0 Å².